The van der Waals surface area contributed by atoms with Gasteiger partial charge in [-0.3, -0.25) is 4.79 Å². The number of hydrogen-bond donors (Lipinski definition) is 1. The number of ether oxygens (including phenoxy) is 1. The van der Waals surface area contributed by atoms with Gasteiger partial charge < -0.3 is 19.9 Å². The van der Waals surface area contributed by atoms with E-state index >= 15 is 0 Å². The number of fused-ring (bicyclic) bond motifs is 2. The minimum atomic E-state index is -0.00885. The maximum Gasteiger partial charge on any atom is 0.261 e. The van der Waals surface area contributed by atoms with Crippen molar-refractivity contribution in [2.24, 2.45) is 0 Å². The Morgan fingerprint density at radius 3 is 2.69 bits per heavy atom. The summed E-state index contributed by atoms with van der Waals surface area (Å²) < 4.78 is 5.28. The number of carbonyl (C=O) groups is 1. The first-order valence-electron chi connectivity index (χ1n) is 10.3. The van der Waals surface area contributed by atoms with Crippen molar-refractivity contribution in [3.05, 3.63) is 35.2 Å². The molecule has 1 fully saturated rings. The molecule has 3 aromatic rings. The first kappa shape index (κ1) is 20.1. The molecule has 1 aromatic carbocycles. The minimum absolute atomic E-state index is 0.00885. The number of aromatic nitrogens is 1. The smallest absolute Gasteiger partial charge is 0.261 e. The number of nitrogens with one attached hydrogen (secondary N) is 1. The molecule has 1 saturated heterocycles. The molecule has 1 amide bonds. The van der Waals surface area contributed by atoms with E-state index in [1.165, 1.54) is 11.3 Å². The van der Waals surface area contributed by atoms with Crippen LogP contribution in [0.5, 0.6) is 5.75 Å². The van der Waals surface area contributed by atoms with Crippen molar-refractivity contribution in [3.8, 4) is 5.75 Å². The van der Waals surface area contributed by atoms with Crippen molar-refractivity contribution in [1.29, 1.82) is 0 Å². The number of nitrogens with zero attached hydrogens (tertiary/aromatic N) is 3. The summed E-state index contributed by atoms with van der Waals surface area (Å²) in [6, 6.07) is 9.88. The largest absolute Gasteiger partial charge is 0.497 e. The molecular weight excluding hydrogens is 384 g/mol. The molecule has 0 radical (unpaired) electrons. The summed E-state index contributed by atoms with van der Waals surface area (Å²) in [5, 5.41) is 5.12. The number of amides is 1. The normalized spacial score (nSPS) is 15.8. The van der Waals surface area contributed by atoms with Crippen molar-refractivity contribution in [2.45, 2.75) is 13.3 Å². The lowest BCUT2D eigenvalue weighted by molar-refractivity contribution is 0.0952. The van der Waals surface area contributed by atoms with E-state index < -0.39 is 0 Å². The molecular formula is C22H28N4O2S. The van der Waals surface area contributed by atoms with E-state index in [2.05, 4.69) is 28.1 Å². The molecule has 2 aromatic heterocycles. The zero-order chi connectivity index (χ0) is 20.2. The highest BCUT2D eigenvalue weighted by Crippen LogP contribution is 2.29. The summed E-state index contributed by atoms with van der Waals surface area (Å²) in [6.07, 6.45) is 0.977. The van der Waals surface area contributed by atoms with E-state index in [0.29, 0.717) is 11.4 Å². The molecule has 7 heteroatoms. The van der Waals surface area contributed by atoms with Gasteiger partial charge in [-0.15, -0.1) is 11.3 Å². The van der Waals surface area contributed by atoms with Gasteiger partial charge in [-0.1, -0.05) is 6.92 Å². The molecule has 1 aliphatic heterocycles. The summed E-state index contributed by atoms with van der Waals surface area (Å²) in [6.45, 7) is 9.65. The fraction of sp³-hybridized carbons (Fsp3) is 0.455. The monoisotopic (exact) mass is 412 g/mol. The number of thiophene rings is 1. The number of methoxy groups -OCH3 is 1. The lowest BCUT2D eigenvalue weighted by Crippen LogP contribution is -2.46. The second-order valence-electron chi connectivity index (χ2n) is 7.44. The Kier molecular flexibility index (Phi) is 6.28. The summed E-state index contributed by atoms with van der Waals surface area (Å²) in [5.41, 5.74) is 0.883. The molecule has 3 heterocycles. The third-order valence-electron chi connectivity index (χ3n) is 5.58. The molecule has 29 heavy (non-hydrogen) atoms. The lowest BCUT2D eigenvalue weighted by Gasteiger charge is -2.33. The molecule has 154 valence electrons. The Morgan fingerprint density at radius 2 is 1.93 bits per heavy atom. The third-order valence-corrected chi connectivity index (χ3v) is 6.63. The molecule has 6 nitrogen and oxygen atoms in total. The van der Waals surface area contributed by atoms with Crippen LogP contribution in [0.2, 0.25) is 0 Å². The maximum absolute atomic E-state index is 12.6. The van der Waals surface area contributed by atoms with Gasteiger partial charge in [0.15, 0.2) is 0 Å². The van der Waals surface area contributed by atoms with Gasteiger partial charge in [-0.2, -0.15) is 0 Å². The highest BCUT2D eigenvalue weighted by atomic mass is 32.1. The molecule has 1 aliphatic rings. The van der Waals surface area contributed by atoms with Crippen LogP contribution in [-0.2, 0) is 0 Å². The molecule has 1 N–H and O–H groups in total. The Morgan fingerprint density at radius 1 is 1.14 bits per heavy atom. The summed E-state index contributed by atoms with van der Waals surface area (Å²) in [4.78, 5) is 23.8. The molecule has 0 unspecified atom stereocenters. The number of benzene rings is 1. The van der Waals surface area contributed by atoms with Crippen LogP contribution in [0.3, 0.4) is 0 Å². The number of rotatable bonds is 7. The van der Waals surface area contributed by atoms with Crippen LogP contribution in [-0.4, -0.2) is 73.6 Å². The SMILES string of the molecule is CCN1CCN(CCCNC(=O)c2cc3cc4ccc(OC)cc4nc3s2)CC1. The lowest BCUT2D eigenvalue weighted by atomic mass is 10.2. The van der Waals surface area contributed by atoms with Crippen LogP contribution in [0.4, 0.5) is 0 Å². The van der Waals surface area contributed by atoms with Gasteiger partial charge in [-0.05, 0) is 43.8 Å². The van der Waals surface area contributed by atoms with Crippen LogP contribution in [0.1, 0.15) is 23.0 Å². The predicted molar refractivity (Wildman–Crippen MR) is 119 cm³/mol. The fourth-order valence-electron chi connectivity index (χ4n) is 3.77. The summed E-state index contributed by atoms with van der Waals surface area (Å²) in [5.74, 6) is 0.778. The van der Waals surface area contributed by atoms with Crippen LogP contribution < -0.4 is 10.1 Å². The second-order valence-corrected chi connectivity index (χ2v) is 8.47. The van der Waals surface area contributed by atoms with E-state index in [-0.39, 0.29) is 5.91 Å². The van der Waals surface area contributed by atoms with E-state index in [4.69, 9.17) is 9.72 Å². The molecule has 0 spiro atoms. The van der Waals surface area contributed by atoms with Crippen molar-refractivity contribution >= 4 is 38.4 Å². The average Bonchev–Trinajstić information content (AvgIpc) is 3.18. The first-order valence-corrected chi connectivity index (χ1v) is 11.1. The van der Waals surface area contributed by atoms with E-state index in [1.807, 2.05) is 24.3 Å². The van der Waals surface area contributed by atoms with Gasteiger partial charge in [0.05, 0.1) is 17.5 Å². The standard InChI is InChI=1S/C22H28N4O2S/c1-3-25-9-11-26(12-10-25)8-4-7-23-21(27)20-14-17-13-16-5-6-18(28-2)15-19(16)24-22(17)29-20/h5-6,13-15H,3-4,7-12H2,1-2H3,(H,23,27). The zero-order valence-electron chi connectivity index (χ0n) is 17.1. The van der Waals surface area contributed by atoms with Crippen molar-refractivity contribution < 1.29 is 9.53 Å². The molecule has 4 rings (SSSR count). The fourth-order valence-corrected chi connectivity index (χ4v) is 4.70. The zero-order valence-corrected chi connectivity index (χ0v) is 17.9. The molecule has 0 saturated carbocycles. The first-order chi connectivity index (χ1) is 14.2. The second kappa shape index (κ2) is 9.07. The van der Waals surface area contributed by atoms with E-state index in [1.54, 1.807) is 7.11 Å². The summed E-state index contributed by atoms with van der Waals surface area (Å²) >= 11 is 1.44. The highest BCUT2D eigenvalue weighted by Gasteiger charge is 2.15. The van der Waals surface area contributed by atoms with Crippen LogP contribution in [0.25, 0.3) is 21.1 Å². The molecule has 0 bridgehead atoms. The Bertz CT molecular complexity index is 995. The van der Waals surface area contributed by atoms with Gasteiger partial charge in [-0.25, -0.2) is 4.98 Å². The molecule has 0 atom stereocenters. The number of likely N-dealkylation sites (N-methyl/N-ethyl adjacent to an activating group) is 1. The van der Waals surface area contributed by atoms with Crippen molar-refractivity contribution in [2.75, 3.05) is 52.9 Å². The Labute approximate surface area is 175 Å². The minimum Gasteiger partial charge on any atom is -0.497 e. The van der Waals surface area contributed by atoms with Gasteiger partial charge in [0.25, 0.3) is 5.91 Å². The average molecular weight is 413 g/mol. The number of piperazine rings is 1. The van der Waals surface area contributed by atoms with Crippen LogP contribution >= 0.6 is 11.3 Å². The topological polar surface area (TPSA) is 57.7 Å². The van der Waals surface area contributed by atoms with Gasteiger partial charge >= 0.3 is 0 Å². The Balaban J connectivity index is 1.33. The number of hydrogen-bond acceptors (Lipinski definition) is 6. The van der Waals surface area contributed by atoms with E-state index in [0.717, 1.165) is 72.6 Å². The van der Waals surface area contributed by atoms with Crippen molar-refractivity contribution in [1.82, 2.24) is 20.1 Å². The quantitative estimate of drug-likeness (QED) is 0.604. The Hall–Kier alpha value is -2.22. The van der Waals surface area contributed by atoms with Crippen molar-refractivity contribution in [3.63, 3.8) is 0 Å². The van der Waals surface area contributed by atoms with E-state index in [9.17, 15) is 4.79 Å². The number of pyridine rings is 1. The van der Waals surface area contributed by atoms with Gasteiger partial charge in [0.1, 0.15) is 10.6 Å². The predicted octanol–water partition coefficient (Wildman–Crippen LogP) is 3.22. The molecule has 0 aliphatic carbocycles. The maximum atomic E-state index is 12.6. The highest BCUT2D eigenvalue weighted by molar-refractivity contribution is 7.20. The third kappa shape index (κ3) is 4.69. The van der Waals surface area contributed by atoms with Gasteiger partial charge in [0, 0.05) is 49.6 Å². The number of carbonyl (C=O) groups excluding carboxylic acids is 1. The summed E-state index contributed by atoms with van der Waals surface area (Å²) in [7, 11) is 1.65. The van der Waals surface area contributed by atoms with Gasteiger partial charge in [0.2, 0.25) is 0 Å². The van der Waals surface area contributed by atoms with Crippen LogP contribution in [0.15, 0.2) is 30.3 Å². The van der Waals surface area contributed by atoms with Crippen LogP contribution in [0, 0.1) is 0 Å².